The van der Waals surface area contributed by atoms with Crippen molar-refractivity contribution in [1.29, 1.82) is 5.26 Å². The van der Waals surface area contributed by atoms with Crippen molar-refractivity contribution in [2.75, 3.05) is 18.0 Å². The van der Waals surface area contributed by atoms with Crippen LogP contribution in [0.25, 0.3) is 21.6 Å². The first-order chi connectivity index (χ1) is 12.6. The van der Waals surface area contributed by atoms with Crippen LogP contribution in [0, 0.1) is 31.2 Å². The van der Waals surface area contributed by atoms with Crippen molar-refractivity contribution < 1.29 is 9.32 Å². The first-order valence-corrected chi connectivity index (χ1v) is 9.05. The van der Waals surface area contributed by atoms with Gasteiger partial charge in [-0.3, -0.25) is 4.79 Å². The van der Waals surface area contributed by atoms with E-state index >= 15 is 0 Å². The highest BCUT2D eigenvalue weighted by atomic mass is 32.1. The fourth-order valence-electron chi connectivity index (χ4n) is 3.12. The molecule has 1 saturated heterocycles. The van der Waals surface area contributed by atoms with Crippen LogP contribution >= 0.6 is 11.3 Å². The van der Waals surface area contributed by atoms with Gasteiger partial charge in [-0.15, -0.1) is 0 Å². The Bertz CT molecular complexity index is 1010. The molecule has 1 atom stereocenters. The summed E-state index contributed by atoms with van der Waals surface area (Å²) in [7, 11) is 0. The number of hydrogen-bond donors (Lipinski definition) is 1. The van der Waals surface area contributed by atoms with Crippen LogP contribution in [0.15, 0.2) is 16.7 Å². The number of pyridine rings is 1. The summed E-state index contributed by atoms with van der Waals surface area (Å²) in [6.45, 7) is 5.08. The fourth-order valence-corrected chi connectivity index (χ4v) is 4.02. The van der Waals surface area contributed by atoms with Crippen molar-refractivity contribution >= 4 is 32.7 Å². The van der Waals surface area contributed by atoms with Crippen LogP contribution in [0.3, 0.4) is 0 Å². The second kappa shape index (κ2) is 6.48. The Balaban J connectivity index is 1.71. The molecule has 0 unspecified atom stereocenters. The number of carbonyl (C=O) groups is 1. The van der Waals surface area contributed by atoms with Gasteiger partial charge < -0.3 is 9.84 Å². The molecule has 1 aliphatic heterocycles. The third kappa shape index (κ3) is 2.73. The van der Waals surface area contributed by atoms with E-state index in [1.54, 1.807) is 0 Å². The molecule has 1 N–H and O–H groups in total. The van der Waals surface area contributed by atoms with Crippen LogP contribution in [-0.4, -0.2) is 34.1 Å². The molecule has 1 fully saturated rings. The quantitative estimate of drug-likeness (QED) is 0.558. The maximum absolute atomic E-state index is 12.6. The maximum atomic E-state index is 12.6. The molecule has 9 heteroatoms. The van der Waals surface area contributed by atoms with Gasteiger partial charge in [0.2, 0.25) is 11.0 Å². The van der Waals surface area contributed by atoms with E-state index in [1.165, 1.54) is 11.3 Å². The molecule has 3 aromatic rings. The topological polar surface area (TPSA) is 108 Å². The summed E-state index contributed by atoms with van der Waals surface area (Å²) in [5.74, 6) is 0.289. The Hall–Kier alpha value is -2.83. The number of aryl methyl sites for hydroxylation is 2. The number of fused-ring (bicyclic) bond motifs is 1. The third-order valence-electron chi connectivity index (χ3n) is 4.45. The van der Waals surface area contributed by atoms with Gasteiger partial charge in [-0.25, -0.2) is 9.97 Å². The lowest BCUT2D eigenvalue weighted by Crippen LogP contribution is -2.33. The number of carbonyl (C=O) groups excluding carboxylic acids is 1. The Kier molecular flexibility index (Phi) is 4.14. The van der Waals surface area contributed by atoms with Gasteiger partial charge in [0.1, 0.15) is 16.1 Å². The van der Waals surface area contributed by atoms with E-state index in [2.05, 4.69) is 20.4 Å². The highest BCUT2D eigenvalue weighted by Crippen LogP contribution is 2.32. The van der Waals surface area contributed by atoms with Crippen molar-refractivity contribution in [3.05, 3.63) is 23.6 Å². The summed E-state index contributed by atoms with van der Waals surface area (Å²) in [5, 5.41) is 16.9. The Morgan fingerprint density at radius 2 is 2.27 bits per heavy atom. The minimum absolute atomic E-state index is 0.188. The summed E-state index contributed by atoms with van der Waals surface area (Å²) >= 11 is 1.23. The number of aromatic nitrogens is 3. The highest BCUT2D eigenvalue weighted by Gasteiger charge is 2.30. The number of amides is 1. The summed E-state index contributed by atoms with van der Waals surface area (Å²) in [6.07, 6.45) is 2.70. The molecule has 8 nitrogen and oxygen atoms in total. The van der Waals surface area contributed by atoms with Crippen LogP contribution in [0.2, 0.25) is 0 Å². The molecule has 0 spiro atoms. The summed E-state index contributed by atoms with van der Waals surface area (Å²) < 4.78 is 5.21. The predicted molar refractivity (Wildman–Crippen MR) is 96.5 cm³/mol. The number of anilines is 1. The first-order valence-electron chi connectivity index (χ1n) is 8.23. The van der Waals surface area contributed by atoms with Crippen molar-refractivity contribution in [1.82, 2.24) is 20.4 Å². The Labute approximate surface area is 153 Å². The van der Waals surface area contributed by atoms with E-state index < -0.39 is 0 Å². The third-order valence-corrected chi connectivity index (χ3v) is 5.41. The summed E-state index contributed by atoms with van der Waals surface area (Å²) in [5.41, 5.74) is 3.01. The lowest BCUT2D eigenvalue weighted by Gasteiger charge is -2.13. The zero-order chi connectivity index (χ0) is 18.3. The second-order valence-electron chi connectivity index (χ2n) is 6.18. The molecule has 132 valence electrons. The van der Waals surface area contributed by atoms with Crippen LogP contribution in [0.1, 0.15) is 17.9 Å². The highest BCUT2D eigenvalue weighted by molar-refractivity contribution is 7.22. The Morgan fingerprint density at radius 1 is 1.42 bits per heavy atom. The molecular weight excluding hydrogens is 352 g/mol. The number of nitrogens with zero attached hydrogens (tertiary/aromatic N) is 5. The number of nitrogens with one attached hydrogen (secondary N) is 1. The molecule has 0 aromatic carbocycles. The van der Waals surface area contributed by atoms with Gasteiger partial charge in [0.15, 0.2) is 6.19 Å². The van der Waals surface area contributed by atoms with Crippen molar-refractivity contribution in [3.63, 3.8) is 0 Å². The van der Waals surface area contributed by atoms with Gasteiger partial charge in [0.05, 0.1) is 22.9 Å². The fraction of sp³-hybridized carbons (Fsp3) is 0.353. The van der Waals surface area contributed by atoms with Gasteiger partial charge >= 0.3 is 0 Å². The van der Waals surface area contributed by atoms with Gasteiger partial charge in [0.25, 0.3) is 0 Å². The number of thiazole rings is 1. The maximum Gasteiger partial charge on any atom is 0.246 e. The molecule has 0 saturated carbocycles. The molecule has 0 bridgehead atoms. The molecule has 26 heavy (non-hydrogen) atoms. The summed E-state index contributed by atoms with van der Waals surface area (Å²) in [6, 6.07) is 3.68. The zero-order valence-corrected chi connectivity index (χ0v) is 15.1. The number of nitriles is 1. The molecule has 0 radical (unpaired) electrons. The molecule has 1 amide bonds. The van der Waals surface area contributed by atoms with Gasteiger partial charge in [-0.1, -0.05) is 16.5 Å². The lowest BCUT2D eigenvalue weighted by molar-refractivity contribution is -0.121. The average Bonchev–Trinajstić information content (AvgIpc) is 3.35. The first kappa shape index (κ1) is 16.6. The minimum atomic E-state index is -0.220. The van der Waals surface area contributed by atoms with E-state index in [0.717, 1.165) is 34.8 Å². The van der Waals surface area contributed by atoms with Crippen molar-refractivity contribution in [3.8, 4) is 17.5 Å². The lowest BCUT2D eigenvalue weighted by atomic mass is 10.1. The van der Waals surface area contributed by atoms with Crippen LogP contribution < -0.4 is 10.2 Å². The normalized spacial score (nSPS) is 16.7. The zero-order valence-electron chi connectivity index (χ0n) is 14.3. The summed E-state index contributed by atoms with van der Waals surface area (Å²) in [4.78, 5) is 23.4. The van der Waals surface area contributed by atoms with Crippen LogP contribution in [-0.2, 0) is 4.79 Å². The minimum Gasteiger partial charge on any atom is -0.361 e. The smallest absolute Gasteiger partial charge is 0.246 e. The van der Waals surface area contributed by atoms with E-state index in [1.807, 2.05) is 32.2 Å². The standard InChI is InChI=1S/C17H16N6O2S/c1-9-14(10(2)25-22-9)12-3-4-13-15(20-12)26-17(21-13)23(8-18)16(24)11-5-6-19-7-11/h3-4,11,19H,5-7H2,1-2H3/t11-/m0/s1. The van der Waals surface area contributed by atoms with Crippen molar-refractivity contribution in [2.45, 2.75) is 20.3 Å². The largest absolute Gasteiger partial charge is 0.361 e. The molecular formula is C17H16N6O2S. The molecule has 3 aromatic heterocycles. The van der Waals surface area contributed by atoms with Gasteiger partial charge in [0, 0.05) is 6.54 Å². The second-order valence-corrected chi connectivity index (χ2v) is 7.14. The SMILES string of the molecule is Cc1noc(C)c1-c1ccc2nc(N(C#N)C(=O)[C@H]3CCNC3)sc2n1. The monoisotopic (exact) mass is 368 g/mol. The van der Waals surface area contributed by atoms with Gasteiger partial charge in [-0.2, -0.15) is 10.2 Å². The van der Waals surface area contributed by atoms with E-state index in [4.69, 9.17) is 4.52 Å². The van der Waals surface area contributed by atoms with E-state index in [-0.39, 0.29) is 11.8 Å². The molecule has 1 aliphatic rings. The van der Waals surface area contributed by atoms with Crippen LogP contribution in [0.4, 0.5) is 5.13 Å². The van der Waals surface area contributed by atoms with Crippen molar-refractivity contribution in [2.24, 2.45) is 5.92 Å². The molecule has 4 heterocycles. The van der Waals surface area contributed by atoms with E-state index in [9.17, 15) is 10.1 Å². The van der Waals surface area contributed by atoms with Gasteiger partial charge in [-0.05, 0) is 38.9 Å². The van der Waals surface area contributed by atoms with Crippen LogP contribution in [0.5, 0.6) is 0 Å². The average molecular weight is 368 g/mol. The number of rotatable bonds is 3. The predicted octanol–water partition coefficient (Wildman–Crippen LogP) is 2.39. The number of hydrogen-bond acceptors (Lipinski definition) is 8. The molecule has 0 aliphatic carbocycles. The van der Waals surface area contributed by atoms with E-state index in [0.29, 0.717) is 27.8 Å². The molecule has 4 rings (SSSR count). The Morgan fingerprint density at radius 3 is 2.92 bits per heavy atom.